The minimum atomic E-state index is -4.43. The predicted octanol–water partition coefficient (Wildman–Crippen LogP) is 11.0. The van der Waals surface area contributed by atoms with Gasteiger partial charge in [-0.05, 0) is 123 Å². The molecule has 8 nitrogen and oxygen atoms in total. The third kappa shape index (κ3) is 14.0. The fraction of sp³-hybridized carbons (Fsp3) is 0.333. The van der Waals surface area contributed by atoms with Crippen molar-refractivity contribution in [2.24, 2.45) is 9.98 Å². The number of ether oxygens (including phenoxy) is 2. The van der Waals surface area contributed by atoms with Crippen molar-refractivity contribution in [3.63, 3.8) is 0 Å². The van der Waals surface area contributed by atoms with Crippen LogP contribution >= 0.6 is 12.4 Å². The number of carbonyl (C=O) groups excluding carboxylic acids is 2. The molecule has 0 unspecified atom stereocenters. The van der Waals surface area contributed by atoms with Gasteiger partial charge in [0.15, 0.2) is 0 Å². The van der Waals surface area contributed by atoms with Crippen LogP contribution in [-0.2, 0) is 35.0 Å². The fourth-order valence-electron chi connectivity index (χ4n) is 4.95. The summed E-state index contributed by atoms with van der Waals surface area (Å²) in [7, 11) is 3.82. The molecule has 0 fully saturated rings. The second kappa shape index (κ2) is 21.2. The number of nitrogens with zero attached hydrogens (tertiary/aromatic N) is 4. The first-order chi connectivity index (χ1) is 26.3. The quantitative estimate of drug-likeness (QED) is 0.0613. The van der Waals surface area contributed by atoms with E-state index in [0.29, 0.717) is 11.1 Å². The summed E-state index contributed by atoms with van der Waals surface area (Å²) < 4.78 is 87.1. The molecule has 4 aromatic carbocycles. The molecule has 0 N–H and O–H groups in total. The minimum Gasteiger partial charge on any atom is -0.457 e. The molecule has 0 saturated heterocycles. The molecule has 57 heavy (non-hydrogen) atoms. The smallest absolute Gasteiger partial charge is 0.416 e. The zero-order valence-electron chi connectivity index (χ0n) is 33.0. The van der Waals surface area contributed by atoms with Gasteiger partial charge in [0.25, 0.3) is 0 Å². The SMILES string of the molecule is CCN(C)C=Nc1ccc(C(=O)OCc2cccc(C(F)(F)F)c2)c(C)c1C.CCN(C)C=Nc1ccc(C(=O)OCc2cccc(C(F)(F)F)c2)c(C)c1C.Cl. The van der Waals surface area contributed by atoms with E-state index in [1.807, 2.05) is 51.6 Å². The van der Waals surface area contributed by atoms with Gasteiger partial charge in [0.05, 0.1) is 46.3 Å². The average molecular weight is 821 g/mol. The van der Waals surface area contributed by atoms with Gasteiger partial charge in [0.1, 0.15) is 13.2 Å². The molecule has 308 valence electrons. The van der Waals surface area contributed by atoms with E-state index in [1.54, 1.807) is 50.8 Å². The van der Waals surface area contributed by atoms with Gasteiger partial charge < -0.3 is 19.3 Å². The van der Waals surface area contributed by atoms with Gasteiger partial charge in [-0.3, -0.25) is 0 Å². The second-order valence-corrected chi connectivity index (χ2v) is 12.9. The summed E-state index contributed by atoms with van der Waals surface area (Å²) in [5.74, 6) is -1.17. The fourth-order valence-corrected chi connectivity index (χ4v) is 4.95. The summed E-state index contributed by atoms with van der Waals surface area (Å²) in [6.45, 7) is 12.5. The van der Waals surface area contributed by atoms with Crippen LogP contribution < -0.4 is 0 Å². The molecular formula is C42H47ClF6N4O4. The predicted molar refractivity (Wildman–Crippen MR) is 213 cm³/mol. The van der Waals surface area contributed by atoms with Gasteiger partial charge in [-0.15, -0.1) is 12.4 Å². The van der Waals surface area contributed by atoms with Crippen LogP contribution in [0.15, 0.2) is 82.8 Å². The molecule has 0 atom stereocenters. The van der Waals surface area contributed by atoms with Crippen molar-refractivity contribution < 1.29 is 45.4 Å². The summed E-state index contributed by atoms with van der Waals surface area (Å²) in [5, 5.41) is 0. The number of alkyl halides is 6. The Kier molecular flexibility index (Phi) is 17.8. The van der Waals surface area contributed by atoms with Gasteiger partial charge >= 0.3 is 24.3 Å². The Hall–Kier alpha value is -5.37. The van der Waals surface area contributed by atoms with Crippen molar-refractivity contribution in [3.05, 3.63) is 128 Å². The number of esters is 2. The van der Waals surface area contributed by atoms with E-state index in [2.05, 4.69) is 9.98 Å². The molecule has 0 radical (unpaired) electrons. The summed E-state index contributed by atoms with van der Waals surface area (Å²) in [4.78, 5) is 37.5. The number of hydrogen-bond acceptors (Lipinski definition) is 6. The van der Waals surface area contributed by atoms with E-state index < -0.39 is 35.4 Å². The maximum Gasteiger partial charge on any atom is 0.416 e. The van der Waals surface area contributed by atoms with Crippen molar-refractivity contribution in [3.8, 4) is 0 Å². The van der Waals surface area contributed by atoms with Crippen molar-refractivity contribution in [2.45, 2.75) is 67.1 Å². The number of rotatable bonds is 12. The lowest BCUT2D eigenvalue weighted by atomic mass is 10.0. The third-order valence-electron chi connectivity index (χ3n) is 8.99. The molecular weight excluding hydrogens is 774 g/mol. The van der Waals surface area contributed by atoms with Crippen molar-refractivity contribution >= 4 is 48.4 Å². The van der Waals surface area contributed by atoms with E-state index in [4.69, 9.17) is 9.47 Å². The van der Waals surface area contributed by atoms with E-state index >= 15 is 0 Å². The van der Waals surface area contributed by atoms with E-state index in [1.165, 1.54) is 24.3 Å². The van der Waals surface area contributed by atoms with Crippen LogP contribution in [0.25, 0.3) is 0 Å². The molecule has 0 aromatic heterocycles. The molecule has 0 heterocycles. The highest BCUT2D eigenvalue weighted by Crippen LogP contribution is 2.31. The Bertz CT molecular complexity index is 1910. The Morgan fingerprint density at radius 1 is 0.596 bits per heavy atom. The molecule has 0 saturated carbocycles. The summed E-state index contributed by atoms with van der Waals surface area (Å²) in [6.07, 6.45) is -5.44. The molecule has 4 rings (SSSR count). The first-order valence-electron chi connectivity index (χ1n) is 17.6. The Balaban J connectivity index is 0.000000387. The minimum absolute atomic E-state index is 0. The van der Waals surface area contributed by atoms with Crippen LogP contribution in [0.4, 0.5) is 37.7 Å². The number of aliphatic imine (C=N–C) groups is 2. The monoisotopic (exact) mass is 820 g/mol. The van der Waals surface area contributed by atoms with Crippen LogP contribution in [0.1, 0.15) is 79.1 Å². The molecule has 0 aliphatic rings. The maximum absolute atomic E-state index is 12.8. The molecule has 15 heteroatoms. The topological polar surface area (TPSA) is 83.8 Å². The highest BCUT2D eigenvalue weighted by atomic mass is 35.5. The van der Waals surface area contributed by atoms with Crippen molar-refractivity contribution in [1.82, 2.24) is 9.80 Å². The van der Waals surface area contributed by atoms with Gasteiger partial charge in [-0.25, -0.2) is 19.6 Å². The summed E-state index contributed by atoms with van der Waals surface area (Å²) >= 11 is 0. The normalized spacial score (nSPS) is 11.5. The van der Waals surface area contributed by atoms with E-state index in [-0.39, 0.29) is 36.7 Å². The van der Waals surface area contributed by atoms with Crippen molar-refractivity contribution in [2.75, 3.05) is 27.2 Å². The van der Waals surface area contributed by atoms with Crippen LogP contribution in [0.2, 0.25) is 0 Å². The molecule has 0 aliphatic heterocycles. The first-order valence-corrected chi connectivity index (χ1v) is 17.6. The highest BCUT2D eigenvalue weighted by molar-refractivity contribution is 5.93. The lowest BCUT2D eigenvalue weighted by Crippen LogP contribution is -2.14. The lowest BCUT2D eigenvalue weighted by molar-refractivity contribution is -0.138. The van der Waals surface area contributed by atoms with Gasteiger partial charge in [0.2, 0.25) is 0 Å². The number of carbonyl (C=O) groups is 2. The zero-order valence-corrected chi connectivity index (χ0v) is 33.8. The first kappa shape index (κ1) is 47.8. The third-order valence-corrected chi connectivity index (χ3v) is 8.99. The van der Waals surface area contributed by atoms with E-state index in [9.17, 15) is 35.9 Å². The standard InChI is InChI=1S/2C21H23F3N2O2.ClH/c2*1-5-26(4)13-25-19-10-9-18(14(2)15(19)3)20(27)28-12-16-7-6-8-17(11-16)21(22,23)24;/h2*6-11,13H,5,12H2,1-4H3;1H. The Labute approximate surface area is 335 Å². The molecule has 0 spiro atoms. The summed E-state index contributed by atoms with van der Waals surface area (Å²) in [6, 6.07) is 16.2. The second-order valence-electron chi connectivity index (χ2n) is 12.9. The molecule has 0 amide bonds. The maximum atomic E-state index is 12.8. The number of benzene rings is 4. The van der Waals surface area contributed by atoms with Crippen LogP contribution in [0.3, 0.4) is 0 Å². The Morgan fingerprint density at radius 2 is 0.947 bits per heavy atom. The number of halogens is 7. The van der Waals surface area contributed by atoms with Gasteiger partial charge in [-0.1, -0.05) is 24.3 Å². The highest BCUT2D eigenvalue weighted by Gasteiger charge is 2.31. The molecule has 0 bridgehead atoms. The van der Waals surface area contributed by atoms with Crippen LogP contribution in [0.5, 0.6) is 0 Å². The van der Waals surface area contributed by atoms with Crippen molar-refractivity contribution in [1.29, 1.82) is 0 Å². The van der Waals surface area contributed by atoms with Crippen LogP contribution in [0, 0.1) is 27.7 Å². The van der Waals surface area contributed by atoms with E-state index in [0.717, 1.165) is 71.0 Å². The van der Waals surface area contributed by atoms with Gasteiger partial charge in [0, 0.05) is 27.2 Å². The molecule has 0 aliphatic carbocycles. The largest absolute Gasteiger partial charge is 0.457 e. The average Bonchev–Trinajstić information content (AvgIpc) is 3.16. The van der Waals surface area contributed by atoms with Crippen LogP contribution in [-0.4, -0.2) is 61.6 Å². The summed E-state index contributed by atoms with van der Waals surface area (Å²) in [5.41, 5.74) is 4.37. The van der Waals surface area contributed by atoms with Gasteiger partial charge in [-0.2, -0.15) is 26.3 Å². The lowest BCUT2D eigenvalue weighted by Gasteiger charge is -2.13. The number of hydrogen-bond donors (Lipinski definition) is 0. The zero-order chi connectivity index (χ0) is 41.8. The molecule has 4 aromatic rings. The Morgan fingerprint density at radius 3 is 1.26 bits per heavy atom.